The maximum Gasteiger partial charge on any atom is 0.329 e. The topological polar surface area (TPSA) is 89.0 Å². The highest BCUT2D eigenvalue weighted by molar-refractivity contribution is 6.35. The van der Waals surface area contributed by atoms with Crippen molar-refractivity contribution in [2.75, 3.05) is 7.11 Å². The summed E-state index contributed by atoms with van der Waals surface area (Å²) in [5, 5.41) is 7.25. The van der Waals surface area contributed by atoms with Gasteiger partial charge in [-0.2, -0.15) is 5.10 Å². The number of hydrogen-bond donors (Lipinski definition) is 2. The molecule has 0 atom stereocenters. The van der Waals surface area contributed by atoms with Crippen molar-refractivity contribution < 1.29 is 19.1 Å². The van der Waals surface area contributed by atoms with Crippen LogP contribution in [0, 0.1) is 0 Å². The first-order valence-electron chi connectivity index (χ1n) is 8.85. The molecule has 0 heterocycles. The average molecular weight is 436 g/mol. The maximum absolute atomic E-state index is 11.7. The maximum atomic E-state index is 11.7. The standard InChI is InChI=1S/C20H19Cl2N3O4/c1-28-17-9-12(10-23-25-20(27)19(26)24-14-6-7-14)8-16(22)18(17)29-11-13-4-2-3-5-15(13)21/h2-5,8-10,14H,6-7,11H2,1H3,(H,24,26)(H,25,27)/b23-10-. The number of methoxy groups -OCH3 is 1. The Bertz CT molecular complexity index is 945. The molecular weight excluding hydrogens is 417 g/mol. The van der Waals surface area contributed by atoms with Gasteiger partial charge in [0.25, 0.3) is 0 Å². The Balaban J connectivity index is 1.64. The molecule has 2 aromatic carbocycles. The smallest absolute Gasteiger partial charge is 0.329 e. The number of nitrogens with zero attached hydrogens (tertiary/aromatic N) is 1. The number of rotatable bonds is 7. The second-order valence-electron chi connectivity index (χ2n) is 6.36. The Labute approximate surface area is 178 Å². The zero-order chi connectivity index (χ0) is 20.8. The lowest BCUT2D eigenvalue weighted by atomic mass is 10.2. The van der Waals surface area contributed by atoms with E-state index in [-0.39, 0.29) is 12.6 Å². The summed E-state index contributed by atoms with van der Waals surface area (Å²) in [6.45, 7) is 0.218. The summed E-state index contributed by atoms with van der Waals surface area (Å²) in [5.41, 5.74) is 3.54. The summed E-state index contributed by atoms with van der Waals surface area (Å²) in [7, 11) is 1.49. The summed E-state index contributed by atoms with van der Waals surface area (Å²) < 4.78 is 11.1. The summed E-state index contributed by atoms with van der Waals surface area (Å²) in [6.07, 6.45) is 3.14. The number of hydrogen-bond acceptors (Lipinski definition) is 5. The molecule has 0 saturated heterocycles. The lowest BCUT2D eigenvalue weighted by molar-refractivity contribution is -0.139. The molecule has 1 aliphatic rings. The van der Waals surface area contributed by atoms with Gasteiger partial charge in [0.15, 0.2) is 11.5 Å². The summed E-state index contributed by atoms with van der Waals surface area (Å²) >= 11 is 12.5. The van der Waals surface area contributed by atoms with Crippen LogP contribution in [0.5, 0.6) is 11.5 Å². The summed E-state index contributed by atoms with van der Waals surface area (Å²) in [5.74, 6) is -0.780. The van der Waals surface area contributed by atoms with Crippen LogP contribution in [-0.2, 0) is 16.2 Å². The van der Waals surface area contributed by atoms with Crippen molar-refractivity contribution in [3.05, 3.63) is 57.6 Å². The molecule has 152 valence electrons. The largest absolute Gasteiger partial charge is 0.493 e. The molecule has 0 bridgehead atoms. The van der Waals surface area contributed by atoms with Crippen molar-refractivity contribution in [3.8, 4) is 11.5 Å². The SMILES string of the molecule is COc1cc(/C=N\NC(=O)C(=O)NC2CC2)cc(Cl)c1OCc1ccccc1Cl. The molecule has 2 N–H and O–H groups in total. The predicted molar refractivity (Wildman–Crippen MR) is 111 cm³/mol. The normalized spacial score (nSPS) is 13.2. The van der Waals surface area contributed by atoms with Crippen molar-refractivity contribution in [1.82, 2.24) is 10.7 Å². The van der Waals surface area contributed by atoms with E-state index < -0.39 is 11.8 Å². The zero-order valence-electron chi connectivity index (χ0n) is 15.6. The third kappa shape index (κ3) is 5.85. The van der Waals surface area contributed by atoms with Crippen LogP contribution in [0.1, 0.15) is 24.0 Å². The van der Waals surface area contributed by atoms with E-state index in [4.69, 9.17) is 32.7 Å². The minimum atomic E-state index is -0.828. The molecule has 0 radical (unpaired) electrons. The Hall–Kier alpha value is -2.77. The van der Waals surface area contributed by atoms with Gasteiger partial charge in [0.05, 0.1) is 18.3 Å². The van der Waals surface area contributed by atoms with Gasteiger partial charge in [-0.3, -0.25) is 9.59 Å². The van der Waals surface area contributed by atoms with Crippen LogP contribution in [-0.4, -0.2) is 31.2 Å². The van der Waals surface area contributed by atoms with E-state index in [1.165, 1.54) is 13.3 Å². The third-order valence-corrected chi connectivity index (χ3v) is 4.73. The zero-order valence-corrected chi connectivity index (χ0v) is 17.1. The van der Waals surface area contributed by atoms with Crippen LogP contribution < -0.4 is 20.2 Å². The van der Waals surface area contributed by atoms with Gasteiger partial charge in [0.1, 0.15) is 6.61 Å². The van der Waals surface area contributed by atoms with Crippen molar-refractivity contribution in [2.45, 2.75) is 25.5 Å². The minimum Gasteiger partial charge on any atom is -0.493 e. The molecule has 7 nitrogen and oxygen atoms in total. The molecule has 0 aliphatic heterocycles. The first-order valence-corrected chi connectivity index (χ1v) is 9.61. The highest BCUT2D eigenvalue weighted by atomic mass is 35.5. The van der Waals surface area contributed by atoms with Crippen LogP contribution in [0.4, 0.5) is 0 Å². The number of nitrogens with one attached hydrogen (secondary N) is 2. The number of amides is 2. The quantitative estimate of drug-likeness (QED) is 0.396. The number of carbonyl (C=O) groups is 2. The van der Waals surface area contributed by atoms with E-state index in [9.17, 15) is 9.59 Å². The fraction of sp³-hybridized carbons (Fsp3) is 0.250. The number of hydrazone groups is 1. The van der Waals surface area contributed by atoms with E-state index in [0.717, 1.165) is 18.4 Å². The molecule has 3 rings (SSSR count). The lowest BCUT2D eigenvalue weighted by Gasteiger charge is -2.14. The molecule has 2 aromatic rings. The molecular formula is C20H19Cl2N3O4. The first kappa shape index (κ1) is 21.0. The second-order valence-corrected chi connectivity index (χ2v) is 7.18. The molecule has 0 unspecified atom stereocenters. The van der Waals surface area contributed by atoms with Gasteiger partial charge >= 0.3 is 11.8 Å². The van der Waals surface area contributed by atoms with Crippen LogP contribution >= 0.6 is 23.2 Å². The van der Waals surface area contributed by atoms with Crippen molar-refractivity contribution in [1.29, 1.82) is 0 Å². The second kappa shape index (κ2) is 9.62. The molecule has 29 heavy (non-hydrogen) atoms. The van der Waals surface area contributed by atoms with Crippen LogP contribution in [0.3, 0.4) is 0 Å². The number of halogens is 2. The predicted octanol–water partition coefficient (Wildman–Crippen LogP) is 3.31. The average Bonchev–Trinajstić information content (AvgIpc) is 3.51. The highest BCUT2D eigenvalue weighted by Gasteiger charge is 2.26. The van der Waals surface area contributed by atoms with E-state index in [1.807, 2.05) is 18.2 Å². The van der Waals surface area contributed by atoms with E-state index in [2.05, 4.69) is 15.8 Å². The van der Waals surface area contributed by atoms with E-state index >= 15 is 0 Å². The van der Waals surface area contributed by atoms with Gasteiger partial charge in [-0.05, 0) is 36.6 Å². The van der Waals surface area contributed by atoms with Gasteiger partial charge < -0.3 is 14.8 Å². The van der Waals surface area contributed by atoms with Crippen molar-refractivity contribution in [2.24, 2.45) is 5.10 Å². The van der Waals surface area contributed by atoms with Gasteiger partial charge in [-0.1, -0.05) is 41.4 Å². The lowest BCUT2D eigenvalue weighted by Crippen LogP contribution is -2.38. The number of carbonyl (C=O) groups excluding carboxylic acids is 2. The molecule has 0 spiro atoms. The molecule has 1 saturated carbocycles. The fourth-order valence-corrected chi connectivity index (χ4v) is 2.88. The van der Waals surface area contributed by atoms with Crippen LogP contribution in [0.25, 0.3) is 0 Å². The number of benzene rings is 2. The summed E-state index contributed by atoms with van der Waals surface area (Å²) in [4.78, 5) is 23.3. The van der Waals surface area contributed by atoms with Crippen LogP contribution in [0.15, 0.2) is 41.5 Å². The fourth-order valence-electron chi connectivity index (χ4n) is 2.41. The molecule has 0 aromatic heterocycles. The monoisotopic (exact) mass is 435 g/mol. The van der Waals surface area contributed by atoms with E-state index in [1.54, 1.807) is 18.2 Å². The van der Waals surface area contributed by atoms with Gasteiger partial charge in [0, 0.05) is 16.6 Å². The van der Waals surface area contributed by atoms with Gasteiger partial charge in [-0.15, -0.1) is 0 Å². The Morgan fingerprint density at radius 3 is 2.62 bits per heavy atom. The molecule has 1 aliphatic carbocycles. The number of ether oxygens (including phenoxy) is 2. The van der Waals surface area contributed by atoms with Crippen LogP contribution in [0.2, 0.25) is 10.0 Å². The van der Waals surface area contributed by atoms with Gasteiger partial charge in [-0.25, -0.2) is 5.43 Å². The summed E-state index contributed by atoms with van der Waals surface area (Å²) in [6, 6.07) is 10.7. The highest BCUT2D eigenvalue weighted by Crippen LogP contribution is 2.37. The van der Waals surface area contributed by atoms with E-state index in [0.29, 0.717) is 27.1 Å². The first-order chi connectivity index (χ1) is 14.0. The van der Waals surface area contributed by atoms with Gasteiger partial charge in [0.2, 0.25) is 0 Å². The minimum absolute atomic E-state index is 0.0959. The third-order valence-electron chi connectivity index (χ3n) is 4.08. The Morgan fingerprint density at radius 2 is 1.93 bits per heavy atom. The molecule has 2 amide bonds. The Morgan fingerprint density at radius 1 is 1.17 bits per heavy atom. The van der Waals surface area contributed by atoms with Crippen molar-refractivity contribution in [3.63, 3.8) is 0 Å². The van der Waals surface area contributed by atoms with Crippen molar-refractivity contribution >= 4 is 41.2 Å². The Kier molecular flexibility index (Phi) is 6.95. The molecule has 1 fully saturated rings. The molecule has 9 heteroatoms.